The highest BCUT2D eigenvalue weighted by molar-refractivity contribution is 5.99. The first-order valence-electron chi connectivity index (χ1n) is 11.2. The number of rotatable bonds is 8. The fourth-order valence-electron chi connectivity index (χ4n) is 3.66. The van der Waals surface area contributed by atoms with E-state index in [9.17, 15) is 9.59 Å². The molecule has 3 aromatic carbocycles. The van der Waals surface area contributed by atoms with Gasteiger partial charge in [0.15, 0.2) is 11.5 Å². The van der Waals surface area contributed by atoms with E-state index in [1.807, 2.05) is 37.3 Å². The highest BCUT2D eigenvalue weighted by atomic mass is 16.5. The van der Waals surface area contributed by atoms with Crippen molar-refractivity contribution in [2.75, 3.05) is 26.1 Å². The maximum absolute atomic E-state index is 12.6. The molecule has 1 heterocycles. The first-order chi connectivity index (χ1) is 17.4. The van der Waals surface area contributed by atoms with Crippen LogP contribution in [0.25, 0.3) is 22.6 Å². The van der Waals surface area contributed by atoms with Gasteiger partial charge in [0.25, 0.3) is 5.91 Å². The third-order valence-corrected chi connectivity index (χ3v) is 5.55. The van der Waals surface area contributed by atoms with Gasteiger partial charge >= 0.3 is 0 Å². The Morgan fingerprint density at radius 2 is 1.58 bits per heavy atom. The van der Waals surface area contributed by atoms with Crippen molar-refractivity contribution < 1.29 is 23.5 Å². The van der Waals surface area contributed by atoms with Crippen LogP contribution in [0, 0.1) is 13.8 Å². The molecule has 9 nitrogen and oxygen atoms in total. The molecule has 0 bridgehead atoms. The number of methoxy groups -OCH3 is 2. The fraction of sp³-hybridized carbons (Fsp3) is 0.185. The van der Waals surface area contributed by atoms with Crippen LogP contribution in [0.3, 0.4) is 0 Å². The van der Waals surface area contributed by atoms with E-state index in [-0.39, 0.29) is 18.4 Å². The van der Waals surface area contributed by atoms with Crippen molar-refractivity contribution in [2.24, 2.45) is 0 Å². The van der Waals surface area contributed by atoms with Gasteiger partial charge in [-0.2, -0.15) is 0 Å². The fourth-order valence-corrected chi connectivity index (χ4v) is 3.66. The molecule has 0 saturated carbocycles. The number of hydrogen-bond acceptors (Lipinski definition) is 7. The van der Waals surface area contributed by atoms with Crippen LogP contribution in [-0.2, 0) is 4.79 Å². The van der Waals surface area contributed by atoms with E-state index in [0.717, 1.165) is 22.3 Å². The molecule has 0 saturated heterocycles. The van der Waals surface area contributed by atoms with Crippen LogP contribution >= 0.6 is 0 Å². The molecule has 0 atom stereocenters. The summed E-state index contributed by atoms with van der Waals surface area (Å²) < 4.78 is 16.0. The zero-order valence-corrected chi connectivity index (χ0v) is 20.4. The van der Waals surface area contributed by atoms with Crippen molar-refractivity contribution in [3.05, 3.63) is 77.7 Å². The monoisotopic (exact) mass is 486 g/mol. The van der Waals surface area contributed by atoms with Gasteiger partial charge in [-0.25, -0.2) is 0 Å². The molecule has 2 amide bonds. The number of anilines is 1. The van der Waals surface area contributed by atoms with E-state index in [1.165, 1.54) is 14.2 Å². The van der Waals surface area contributed by atoms with Gasteiger partial charge in [-0.3, -0.25) is 9.59 Å². The second kappa shape index (κ2) is 10.7. The van der Waals surface area contributed by atoms with E-state index in [1.54, 1.807) is 37.3 Å². The number of aryl methyl sites for hydroxylation is 2. The van der Waals surface area contributed by atoms with Gasteiger partial charge in [-0.1, -0.05) is 18.2 Å². The summed E-state index contributed by atoms with van der Waals surface area (Å²) in [7, 11) is 3.05. The lowest BCUT2D eigenvalue weighted by Gasteiger charge is -2.11. The standard InChI is InChI=1S/C27H26N4O5/c1-16-5-6-20(27-31-30-17(2)36-27)13-22(16)18-7-9-19(10-8-18)26(33)28-15-25(32)29-21-11-12-23(34-3)24(14-21)35-4/h5-14H,15H2,1-4H3,(H,28,33)(H,29,32). The largest absolute Gasteiger partial charge is 0.493 e. The number of ether oxygens (including phenoxy) is 2. The molecule has 0 spiro atoms. The molecule has 0 unspecified atom stereocenters. The molecule has 4 aromatic rings. The number of aromatic nitrogens is 2. The van der Waals surface area contributed by atoms with E-state index < -0.39 is 0 Å². The zero-order valence-electron chi connectivity index (χ0n) is 20.4. The minimum atomic E-state index is -0.365. The molecule has 1 aromatic heterocycles. The molecule has 0 fully saturated rings. The van der Waals surface area contributed by atoms with Gasteiger partial charge in [0.2, 0.25) is 17.7 Å². The van der Waals surface area contributed by atoms with Gasteiger partial charge in [0, 0.05) is 29.8 Å². The van der Waals surface area contributed by atoms with Crippen molar-refractivity contribution in [1.82, 2.24) is 15.5 Å². The lowest BCUT2D eigenvalue weighted by Crippen LogP contribution is -2.32. The molecule has 36 heavy (non-hydrogen) atoms. The number of amides is 2. The summed E-state index contributed by atoms with van der Waals surface area (Å²) in [5.74, 6) is 1.29. The highest BCUT2D eigenvalue weighted by Crippen LogP contribution is 2.30. The topological polar surface area (TPSA) is 116 Å². The summed E-state index contributed by atoms with van der Waals surface area (Å²) in [6.45, 7) is 3.57. The molecule has 9 heteroatoms. The Hall–Kier alpha value is -4.66. The van der Waals surface area contributed by atoms with Crippen LogP contribution < -0.4 is 20.1 Å². The van der Waals surface area contributed by atoms with Crippen LogP contribution in [0.2, 0.25) is 0 Å². The van der Waals surface area contributed by atoms with Crippen molar-refractivity contribution in [3.8, 4) is 34.1 Å². The molecule has 0 radical (unpaired) electrons. The molecular weight excluding hydrogens is 460 g/mol. The second-order valence-electron chi connectivity index (χ2n) is 8.03. The molecule has 184 valence electrons. The van der Waals surface area contributed by atoms with Gasteiger partial charge in [-0.15, -0.1) is 10.2 Å². The lowest BCUT2D eigenvalue weighted by molar-refractivity contribution is -0.115. The third kappa shape index (κ3) is 5.52. The first kappa shape index (κ1) is 24.5. The number of nitrogens with zero attached hydrogens (tertiary/aromatic N) is 2. The number of carbonyl (C=O) groups is 2. The maximum atomic E-state index is 12.6. The summed E-state index contributed by atoms with van der Waals surface area (Å²) in [5.41, 5.74) is 4.79. The van der Waals surface area contributed by atoms with Crippen LogP contribution in [0.1, 0.15) is 21.8 Å². The Morgan fingerprint density at radius 3 is 2.25 bits per heavy atom. The van der Waals surface area contributed by atoms with Gasteiger partial charge < -0.3 is 24.5 Å². The van der Waals surface area contributed by atoms with Gasteiger partial charge in [0.1, 0.15) is 0 Å². The second-order valence-corrected chi connectivity index (χ2v) is 8.03. The third-order valence-electron chi connectivity index (χ3n) is 5.55. The smallest absolute Gasteiger partial charge is 0.251 e. The lowest BCUT2D eigenvalue weighted by atomic mass is 9.97. The molecule has 0 aliphatic carbocycles. The van der Waals surface area contributed by atoms with E-state index >= 15 is 0 Å². The van der Waals surface area contributed by atoms with Gasteiger partial charge in [-0.05, 0) is 60.0 Å². The quantitative estimate of drug-likeness (QED) is 0.379. The minimum Gasteiger partial charge on any atom is -0.493 e. The average molecular weight is 487 g/mol. The molecule has 2 N–H and O–H groups in total. The van der Waals surface area contributed by atoms with Gasteiger partial charge in [0.05, 0.1) is 20.8 Å². The Balaban J connectivity index is 1.39. The Kier molecular flexibility index (Phi) is 7.29. The Bertz CT molecular complexity index is 1400. The molecule has 0 aliphatic rings. The van der Waals surface area contributed by atoms with Crippen LogP contribution in [-0.4, -0.2) is 42.8 Å². The van der Waals surface area contributed by atoms with E-state index in [4.69, 9.17) is 13.9 Å². The summed E-state index contributed by atoms with van der Waals surface area (Å²) in [6.07, 6.45) is 0. The van der Waals surface area contributed by atoms with Crippen molar-refractivity contribution in [1.29, 1.82) is 0 Å². The summed E-state index contributed by atoms with van der Waals surface area (Å²) in [6, 6.07) is 18.1. The predicted molar refractivity (Wildman–Crippen MR) is 135 cm³/mol. The number of hydrogen-bond donors (Lipinski definition) is 2. The zero-order chi connectivity index (χ0) is 25.7. The maximum Gasteiger partial charge on any atom is 0.251 e. The first-order valence-corrected chi connectivity index (χ1v) is 11.2. The molecular formula is C27H26N4O5. The van der Waals surface area contributed by atoms with Crippen LogP contribution in [0.5, 0.6) is 11.5 Å². The Morgan fingerprint density at radius 1 is 0.861 bits per heavy atom. The SMILES string of the molecule is COc1ccc(NC(=O)CNC(=O)c2ccc(-c3cc(-c4nnc(C)o4)ccc3C)cc2)cc1OC. The van der Waals surface area contributed by atoms with E-state index in [0.29, 0.717) is 34.5 Å². The normalized spacial score (nSPS) is 10.6. The summed E-state index contributed by atoms with van der Waals surface area (Å²) >= 11 is 0. The number of carbonyl (C=O) groups excluding carboxylic acids is 2. The summed E-state index contributed by atoms with van der Waals surface area (Å²) in [4.78, 5) is 24.9. The Labute approximate surface area is 208 Å². The average Bonchev–Trinajstić information content (AvgIpc) is 3.33. The highest BCUT2D eigenvalue weighted by Gasteiger charge is 2.13. The van der Waals surface area contributed by atoms with Crippen LogP contribution in [0.4, 0.5) is 5.69 Å². The summed E-state index contributed by atoms with van der Waals surface area (Å²) in [5, 5.41) is 13.3. The van der Waals surface area contributed by atoms with Crippen molar-refractivity contribution >= 4 is 17.5 Å². The minimum absolute atomic E-state index is 0.181. The van der Waals surface area contributed by atoms with Crippen molar-refractivity contribution in [3.63, 3.8) is 0 Å². The number of nitrogens with one attached hydrogen (secondary N) is 2. The molecule has 4 rings (SSSR count). The number of benzene rings is 3. The predicted octanol–water partition coefficient (Wildman–Crippen LogP) is 4.41. The van der Waals surface area contributed by atoms with E-state index in [2.05, 4.69) is 20.8 Å². The van der Waals surface area contributed by atoms with Crippen LogP contribution in [0.15, 0.2) is 65.1 Å². The molecule has 0 aliphatic heterocycles. The van der Waals surface area contributed by atoms with Crippen molar-refractivity contribution in [2.45, 2.75) is 13.8 Å².